The highest BCUT2D eigenvalue weighted by molar-refractivity contribution is 5.91. The standard InChI is InChI=1S/C17H24N2O/c1-19(2)15(13-8-9-13)12-18-16(20)17(10-11-17)14-6-4-3-5-7-14/h3-7,13,15H,8-12H2,1-2H3,(H,18,20)/t15-/m1/s1. The maximum Gasteiger partial charge on any atom is 0.230 e. The molecule has 2 saturated carbocycles. The lowest BCUT2D eigenvalue weighted by Crippen LogP contribution is -2.44. The first kappa shape index (κ1) is 13.6. The lowest BCUT2D eigenvalue weighted by molar-refractivity contribution is -0.123. The molecular weight excluding hydrogens is 248 g/mol. The number of benzene rings is 1. The topological polar surface area (TPSA) is 32.3 Å². The molecule has 1 aromatic carbocycles. The first-order chi connectivity index (χ1) is 9.63. The van der Waals surface area contributed by atoms with Crippen LogP contribution in [0.5, 0.6) is 0 Å². The quantitative estimate of drug-likeness (QED) is 0.861. The third kappa shape index (κ3) is 2.59. The van der Waals surface area contributed by atoms with E-state index >= 15 is 0 Å². The molecule has 0 unspecified atom stereocenters. The average molecular weight is 272 g/mol. The molecule has 3 nitrogen and oxygen atoms in total. The molecule has 108 valence electrons. The van der Waals surface area contributed by atoms with Crippen molar-refractivity contribution in [2.24, 2.45) is 5.92 Å². The summed E-state index contributed by atoms with van der Waals surface area (Å²) in [7, 11) is 4.22. The van der Waals surface area contributed by atoms with E-state index < -0.39 is 0 Å². The fourth-order valence-electron chi connectivity index (χ4n) is 3.15. The Labute approximate surface area is 121 Å². The molecule has 0 spiro atoms. The first-order valence-electron chi connectivity index (χ1n) is 7.64. The van der Waals surface area contributed by atoms with E-state index in [2.05, 4.69) is 36.4 Å². The van der Waals surface area contributed by atoms with Crippen molar-refractivity contribution in [2.75, 3.05) is 20.6 Å². The molecule has 1 atom stereocenters. The number of likely N-dealkylation sites (N-methyl/N-ethyl adjacent to an activating group) is 1. The largest absolute Gasteiger partial charge is 0.354 e. The van der Waals surface area contributed by atoms with Gasteiger partial charge in [0.1, 0.15) is 0 Å². The van der Waals surface area contributed by atoms with E-state index in [4.69, 9.17) is 0 Å². The molecule has 3 heteroatoms. The number of carbonyl (C=O) groups is 1. The molecule has 0 bridgehead atoms. The van der Waals surface area contributed by atoms with Crippen molar-refractivity contribution in [1.29, 1.82) is 0 Å². The lowest BCUT2D eigenvalue weighted by Gasteiger charge is -2.25. The zero-order valence-electron chi connectivity index (χ0n) is 12.4. The Balaban J connectivity index is 1.62. The van der Waals surface area contributed by atoms with E-state index in [-0.39, 0.29) is 11.3 Å². The fraction of sp³-hybridized carbons (Fsp3) is 0.588. The first-order valence-corrected chi connectivity index (χ1v) is 7.64. The van der Waals surface area contributed by atoms with Gasteiger partial charge in [-0.15, -0.1) is 0 Å². The number of nitrogens with one attached hydrogen (secondary N) is 1. The SMILES string of the molecule is CN(C)[C@H](CNC(=O)C1(c2ccccc2)CC1)C1CC1. The van der Waals surface area contributed by atoms with E-state index in [1.54, 1.807) is 0 Å². The van der Waals surface area contributed by atoms with Crippen molar-refractivity contribution in [3.05, 3.63) is 35.9 Å². The molecule has 2 aliphatic rings. The number of rotatable bonds is 6. The van der Waals surface area contributed by atoms with Crippen LogP contribution < -0.4 is 5.32 Å². The number of nitrogens with zero attached hydrogens (tertiary/aromatic N) is 1. The van der Waals surface area contributed by atoms with Gasteiger partial charge in [-0.3, -0.25) is 4.79 Å². The van der Waals surface area contributed by atoms with Crippen LogP contribution in [0.4, 0.5) is 0 Å². The van der Waals surface area contributed by atoms with Gasteiger partial charge in [0.25, 0.3) is 0 Å². The van der Waals surface area contributed by atoms with Crippen LogP contribution in [0.15, 0.2) is 30.3 Å². The molecule has 0 heterocycles. The Morgan fingerprint density at radius 3 is 2.45 bits per heavy atom. The van der Waals surface area contributed by atoms with Crippen LogP contribution in [0.25, 0.3) is 0 Å². The van der Waals surface area contributed by atoms with Crippen LogP contribution in [0, 0.1) is 5.92 Å². The molecule has 2 aliphatic carbocycles. The van der Waals surface area contributed by atoms with Gasteiger partial charge in [-0.05, 0) is 51.3 Å². The van der Waals surface area contributed by atoms with E-state index in [0.29, 0.717) is 6.04 Å². The Hall–Kier alpha value is -1.35. The highest BCUT2D eigenvalue weighted by atomic mass is 16.2. The summed E-state index contributed by atoms with van der Waals surface area (Å²) >= 11 is 0. The minimum absolute atomic E-state index is 0.219. The fourth-order valence-corrected chi connectivity index (χ4v) is 3.15. The van der Waals surface area contributed by atoms with Gasteiger partial charge in [-0.1, -0.05) is 30.3 Å². The zero-order chi connectivity index (χ0) is 14.2. The van der Waals surface area contributed by atoms with Crippen molar-refractivity contribution in [2.45, 2.75) is 37.1 Å². The normalized spacial score (nSPS) is 21.6. The van der Waals surface area contributed by atoms with Crippen molar-refractivity contribution in [1.82, 2.24) is 10.2 Å². The molecule has 2 fully saturated rings. The summed E-state index contributed by atoms with van der Waals surface area (Å²) in [6.07, 6.45) is 4.59. The van der Waals surface area contributed by atoms with Crippen molar-refractivity contribution >= 4 is 5.91 Å². The third-order valence-electron chi connectivity index (χ3n) is 4.81. The van der Waals surface area contributed by atoms with Crippen LogP contribution >= 0.6 is 0 Å². The lowest BCUT2D eigenvalue weighted by atomic mass is 9.95. The predicted molar refractivity (Wildman–Crippen MR) is 80.6 cm³/mol. The second-order valence-corrected chi connectivity index (χ2v) is 6.53. The molecule has 1 aromatic rings. The number of carbonyl (C=O) groups excluding carboxylic acids is 1. The van der Waals surface area contributed by atoms with Crippen molar-refractivity contribution in [3.8, 4) is 0 Å². The summed E-state index contributed by atoms with van der Waals surface area (Å²) in [6, 6.07) is 10.7. The van der Waals surface area contributed by atoms with E-state index in [9.17, 15) is 4.79 Å². The third-order valence-corrected chi connectivity index (χ3v) is 4.81. The molecule has 1 N–H and O–H groups in total. The van der Waals surface area contributed by atoms with Gasteiger partial charge in [0.2, 0.25) is 5.91 Å². The average Bonchev–Trinajstić information content (AvgIpc) is 3.33. The summed E-state index contributed by atoms with van der Waals surface area (Å²) in [5.74, 6) is 0.994. The van der Waals surface area contributed by atoms with Crippen LogP contribution in [0.3, 0.4) is 0 Å². The van der Waals surface area contributed by atoms with Crippen molar-refractivity contribution < 1.29 is 4.79 Å². The molecule has 0 saturated heterocycles. The highest BCUT2D eigenvalue weighted by Crippen LogP contribution is 2.48. The molecule has 20 heavy (non-hydrogen) atoms. The van der Waals surface area contributed by atoms with Gasteiger partial charge < -0.3 is 10.2 Å². The van der Waals surface area contributed by atoms with Gasteiger partial charge >= 0.3 is 0 Å². The van der Waals surface area contributed by atoms with Crippen LogP contribution in [0.2, 0.25) is 0 Å². The molecule has 3 rings (SSSR count). The van der Waals surface area contributed by atoms with Gasteiger partial charge in [0.05, 0.1) is 5.41 Å². The summed E-state index contributed by atoms with van der Waals surface area (Å²) in [5, 5.41) is 3.21. The molecule has 1 amide bonds. The highest BCUT2D eigenvalue weighted by Gasteiger charge is 2.51. The Morgan fingerprint density at radius 2 is 1.95 bits per heavy atom. The van der Waals surface area contributed by atoms with E-state index in [1.165, 1.54) is 18.4 Å². The number of amides is 1. The van der Waals surface area contributed by atoms with Gasteiger partial charge in [-0.2, -0.15) is 0 Å². The maximum atomic E-state index is 12.6. The minimum atomic E-state index is -0.234. The Bertz CT molecular complexity index is 473. The predicted octanol–water partition coefficient (Wildman–Crippen LogP) is 2.17. The van der Waals surface area contributed by atoms with Gasteiger partial charge in [-0.25, -0.2) is 0 Å². The number of hydrogen-bond acceptors (Lipinski definition) is 2. The maximum absolute atomic E-state index is 12.6. The van der Waals surface area contributed by atoms with E-state index in [1.807, 2.05) is 18.2 Å². The summed E-state index contributed by atoms with van der Waals surface area (Å²) in [6.45, 7) is 0.783. The number of hydrogen-bond donors (Lipinski definition) is 1. The Morgan fingerprint density at radius 1 is 1.30 bits per heavy atom. The monoisotopic (exact) mass is 272 g/mol. The molecule has 0 aliphatic heterocycles. The van der Waals surface area contributed by atoms with Crippen LogP contribution in [0.1, 0.15) is 31.2 Å². The molecule has 0 radical (unpaired) electrons. The minimum Gasteiger partial charge on any atom is -0.354 e. The van der Waals surface area contributed by atoms with Gasteiger partial charge in [0.15, 0.2) is 0 Å². The Kier molecular flexibility index (Phi) is 3.55. The van der Waals surface area contributed by atoms with Gasteiger partial charge in [0, 0.05) is 12.6 Å². The van der Waals surface area contributed by atoms with E-state index in [0.717, 1.165) is 25.3 Å². The zero-order valence-corrected chi connectivity index (χ0v) is 12.4. The summed E-state index contributed by atoms with van der Waals surface area (Å²) in [4.78, 5) is 14.8. The van der Waals surface area contributed by atoms with Crippen LogP contribution in [-0.2, 0) is 10.2 Å². The summed E-state index contributed by atoms with van der Waals surface area (Å²) in [5.41, 5.74) is 0.937. The second-order valence-electron chi connectivity index (χ2n) is 6.53. The van der Waals surface area contributed by atoms with Crippen molar-refractivity contribution in [3.63, 3.8) is 0 Å². The smallest absolute Gasteiger partial charge is 0.230 e. The summed E-state index contributed by atoms with van der Waals surface area (Å²) < 4.78 is 0. The van der Waals surface area contributed by atoms with Crippen LogP contribution in [-0.4, -0.2) is 37.5 Å². The second kappa shape index (κ2) is 5.21. The molecular formula is C17H24N2O. The molecule has 0 aromatic heterocycles.